The van der Waals surface area contributed by atoms with Crippen LogP contribution in [0.2, 0.25) is 0 Å². The van der Waals surface area contributed by atoms with E-state index < -0.39 is 12.2 Å². The monoisotopic (exact) mass is 238 g/mol. The van der Waals surface area contributed by atoms with Crippen LogP contribution in [0, 0.1) is 0 Å². The zero-order valence-corrected chi connectivity index (χ0v) is 9.67. The van der Waals surface area contributed by atoms with Crippen molar-refractivity contribution in [2.24, 2.45) is 0 Å². The second-order valence-corrected chi connectivity index (χ2v) is 3.45. The van der Waals surface area contributed by atoms with Crippen LogP contribution in [0.3, 0.4) is 0 Å². The Hall–Kier alpha value is -0.240. The third-order valence-electron chi connectivity index (χ3n) is 1.74. The van der Waals surface area contributed by atoms with Gasteiger partial charge in [-0.15, -0.1) is 0 Å². The second kappa shape index (κ2) is 11.3. The molecule has 3 N–H and O–H groups in total. The van der Waals surface area contributed by atoms with Crippen LogP contribution in [0.4, 0.5) is 0 Å². The number of aliphatic hydroxyl groups excluding tert-OH is 3. The zero-order valence-electron chi connectivity index (χ0n) is 9.67. The van der Waals surface area contributed by atoms with Crippen molar-refractivity contribution in [3.63, 3.8) is 0 Å². The summed E-state index contributed by atoms with van der Waals surface area (Å²) in [5.74, 6) is 0. The summed E-state index contributed by atoms with van der Waals surface area (Å²) in [7, 11) is 1.49. The molecule has 0 saturated carbocycles. The van der Waals surface area contributed by atoms with E-state index in [9.17, 15) is 10.2 Å². The van der Waals surface area contributed by atoms with E-state index in [1.54, 1.807) is 0 Å². The lowest BCUT2D eigenvalue weighted by Gasteiger charge is -2.14. The molecule has 0 aliphatic heterocycles. The smallest absolute Gasteiger partial charge is 0.101 e. The molecule has 0 bridgehead atoms. The number of aliphatic hydroxyl groups is 3. The molecule has 16 heavy (non-hydrogen) atoms. The Morgan fingerprint density at radius 1 is 0.938 bits per heavy atom. The fourth-order valence-corrected chi connectivity index (χ4v) is 1.01. The molecular weight excluding hydrogens is 216 g/mol. The summed E-state index contributed by atoms with van der Waals surface area (Å²) in [6.45, 7) is 1.11. The highest BCUT2D eigenvalue weighted by atomic mass is 16.5. The molecule has 6 nitrogen and oxygen atoms in total. The number of hydrogen-bond acceptors (Lipinski definition) is 6. The average molecular weight is 238 g/mol. The van der Waals surface area contributed by atoms with Crippen molar-refractivity contribution in [3.05, 3.63) is 0 Å². The van der Waals surface area contributed by atoms with Gasteiger partial charge in [0.2, 0.25) is 0 Å². The summed E-state index contributed by atoms with van der Waals surface area (Å²) in [4.78, 5) is 0. The fraction of sp³-hybridized carbons (Fsp3) is 1.00. The summed E-state index contributed by atoms with van der Waals surface area (Å²) >= 11 is 0. The predicted octanol–water partition coefficient (Wildman–Crippen LogP) is -1.23. The lowest BCUT2D eigenvalue weighted by molar-refractivity contribution is -0.0525. The van der Waals surface area contributed by atoms with E-state index in [0.29, 0.717) is 13.0 Å². The molecule has 0 saturated heterocycles. The summed E-state index contributed by atoms with van der Waals surface area (Å²) in [5, 5.41) is 27.1. The van der Waals surface area contributed by atoms with Gasteiger partial charge in [-0.25, -0.2) is 0 Å². The molecule has 2 unspecified atom stereocenters. The van der Waals surface area contributed by atoms with Gasteiger partial charge in [0.15, 0.2) is 0 Å². The molecule has 0 aliphatic carbocycles. The van der Waals surface area contributed by atoms with Crippen LogP contribution in [0.25, 0.3) is 0 Å². The van der Waals surface area contributed by atoms with Crippen LogP contribution in [-0.4, -0.2) is 74.3 Å². The maximum atomic E-state index is 9.37. The fourth-order valence-electron chi connectivity index (χ4n) is 1.01. The van der Waals surface area contributed by atoms with Crippen molar-refractivity contribution in [3.8, 4) is 0 Å². The largest absolute Gasteiger partial charge is 0.396 e. The average Bonchev–Trinajstić information content (AvgIpc) is 2.25. The number of hydrogen-bond donors (Lipinski definition) is 3. The van der Waals surface area contributed by atoms with Crippen LogP contribution in [0.5, 0.6) is 0 Å². The summed E-state index contributed by atoms with van der Waals surface area (Å²) in [6.07, 6.45) is -0.832. The molecule has 0 rings (SSSR count). The third kappa shape index (κ3) is 10.3. The highest BCUT2D eigenvalue weighted by Gasteiger charge is 2.07. The molecule has 0 aliphatic rings. The molecule has 0 radical (unpaired) electrons. The quantitative estimate of drug-likeness (QED) is 0.391. The van der Waals surface area contributed by atoms with Gasteiger partial charge < -0.3 is 29.5 Å². The Balaban J connectivity index is 3.26. The first-order valence-corrected chi connectivity index (χ1v) is 5.32. The van der Waals surface area contributed by atoms with Crippen LogP contribution in [0.15, 0.2) is 0 Å². The lowest BCUT2D eigenvalue weighted by atomic mass is 10.4. The molecular formula is C10H22O6. The maximum absolute atomic E-state index is 9.37. The van der Waals surface area contributed by atoms with E-state index in [0.717, 1.165) is 0 Å². The van der Waals surface area contributed by atoms with Gasteiger partial charge in [-0.2, -0.15) is 0 Å². The standard InChI is InChI=1S/C10H22O6/c1-14-5-9(12)7-16-8-10(13)6-15-4-2-3-11/h9-13H,2-8H2,1H3. The summed E-state index contributed by atoms with van der Waals surface area (Å²) in [6, 6.07) is 0. The van der Waals surface area contributed by atoms with Gasteiger partial charge in [0, 0.05) is 20.3 Å². The normalized spacial score (nSPS) is 15.0. The first-order valence-electron chi connectivity index (χ1n) is 5.32. The van der Waals surface area contributed by atoms with Crippen molar-refractivity contribution in [2.75, 3.05) is 46.8 Å². The SMILES string of the molecule is COCC(O)COCC(O)COCCCO. The van der Waals surface area contributed by atoms with Gasteiger partial charge in [0.25, 0.3) is 0 Å². The number of methoxy groups -OCH3 is 1. The van der Waals surface area contributed by atoms with E-state index in [2.05, 4.69) is 0 Å². The maximum Gasteiger partial charge on any atom is 0.101 e. The van der Waals surface area contributed by atoms with E-state index in [4.69, 9.17) is 19.3 Å². The van der Waals surface area contributed by atoms with Crippen LogP contribution in [0.1, 0.15) is 6.42 Å². The Morgan fingerprint density at radius 2 is 1.50 bits per heavy atom. The minimum atomic E-state index is -0.714. The Kier molecular flexibility index (Phi) is 11.1. The Labute approximate surface area is 95.7 Å². The molecule has 98 valence electrons. The highest BCUT2D eigenvalue weighted by molar-refractivity contribution is 4.55. The molecule has 0 aromatic heterocycles. The van der Waals surface area contributed by atoms with Crippen LogP contribution in [-0.2, 0) is 14.2 Å². The van der Waals surface area contributed by atoms with Gasteiger partial charge in [0.05, 0.1) is 26.4 Å². The van der Waals surface area contributed by atoms with Gasteiger partial charge in [-0.3, -0.25) is 0 Å². The van der Waals surface area contributed by atoms with Crippen LogP contribution >= 0.6 is 0 Å². The minimum Gasteiger partial charge on any atom is -0.396 e. The number of rotatable bonds is 11. The lowest BCUT2D eigenvalue weighted by Crippen LogP contribution is -2.27. The molecule has 0 aromatic rings. The molecule has 0 amide bonds. The molecule has 0 aromatic carbocycles. The van der Waals surface area contributed by atoms with Crippen molar-refractivity contribution < 1.29 is 29.5 Å². The number of ether oxygens (including phenoxy) is 3. The van der Waals surface area contributed by atoms with E-state index in [1.165, 1.54) is 7.11 Å². The Bertz CT molecular complexity index is 143. The van der Waals surface area contributed by atoms with Crippen LogP contribution < -0.4 is 0 Å². The Morgan fingerprint density at radius 3 is 2.06 bits per heavy atom. The van der Waals surface area contributed by atoms with Crippen molar-refractivity contribution in [1.29, 1.82) is 0 Å². The van der Waals surface area contributed by atoms with E-state index in [1.807, 2.05) is 0 Å². The highest BCUT2D eigenvalue weighted by Crippen LogP contribution is 1.92. The van der Waals surface area contributed by atoms with Gasteiger partial charge >= 0.3 is 0 Å². The first-order chi connectivity index (χ1) is 7.70. The van der Waals surface area contributed by atoms with Gasteiger partial charge in [-0.1, -0.05) is 0 Å². The zero-order chi connectivity index (χ0) is 12.2. The molecule has 2 atom stereocenters. The third-order valence-corrected chi connectivity index (χ3v) is 1.74. The van der Waals surface area contributed by atoms with E-state index >= 15 is 0 Å². The van der Waals surface area contributed by atoms with Crippen molar-refractivity contribution in [1.82, 2.24) is 0 Å². The first kappa shape index (κ1) is 15.8. The molecule has 0 heterocycles. The molecule has 0 spiro atoms. The predicted molar refractivity (Wildman–Crippen MR) is 57.2 cm³/mol. The molecule has 6 heteroatoms. The van der Waals surface area contributed by atoms with Gasteiger partial charge in [-0.05, 0) is 6.42 Å². The molecule has 0 fully saturated rings. The summed E-state index contributed by atoms with van der Waals surface area (Å²) < 4.78 is 14.8. The second-order valence-electron chi connectivity index (χ2n) is 3.45. The van der Waals surface area contributed by atoms with E-state index in [-0.39, 0.29) is 33.0 Å². The van der Waals surface area contributed by atoms with Gasteiger partial charge in [0.1, 0.15) is 12.2 Å². The summed E-state index contributed by atoms with van der Waals surface area (Å²) in [5.41, 5.74) is 0. The topological polar surface area (TPSA) is 88.4 Å². The minimum absolute atomic E-state index is 0.0792. The van der Waals surface area contributed by atoms with Crippen molar-refractivity contribution in [2.45, 2.75) is 18.6 Å². The van der Waals surface area contributed by atoms with Crippen molar-refractivity contribution >= 4 is 0 Å².